The van der Waals surface area contributed by atoms with Crippen LogP contribution in [0.5, 0.6) is 11.5 Å². The van der Waals surface area contributed by atoms with E-state index in [1.807, 2.05) is 23.1 Å². The van der Waals surface area contributed by atoms with E-state index in [1.165, 1.54) is 10.6 Å². The van der Waals surface area contributed by atoms with Crippen molar-refractivity contribution < 1.29 is 22.7 Å². The molecule has 1 aromatic rings. The fourth-order valence-corrected chi connectivity index (χ4v) is 5.53. The summed E-state index contributed by atoms with van der Waals surface area (Å²) in [5.41, 5.74) is 0.975. The summed E-state index contributed by atoms with van der Waals surface area (Å²) in [7, 11) is -3.39. The van der Waals surface area contributed by atoms with Gasteiger partial charge in [-0.2, -0.15) is 4.31 Å². The molecule has 0 radical (unpaired) electrons. The molecular formula is C19H26N2O5S. The molecule has 0 aromatic heterocycles. The maximum atomic E-state index is 13.4. The Morgan fingerprint density at radius 3 is 2.63 bits per heavy atom. The molecule has 1 atom stereocenters. The van der Waals surface area contributed by atoms with Crippen molar-refractivity contribution in [3.8, 4) is 11.5 Å². The zero-order valence-corrected chi connectivity index (χ0v) is 16.4. The van der Waals surface area contributed by atoms with Crippen LogP contribution in [0.3, 0.4) is 0 Å². The molecule has 2 heterocycles. The van der Waals surface area contributed by atoms with Gasteiger partial charge in [0.1, 0.15) is 6.04 Å². The highest BCUT2D eigenvalue weighted by Gasteiger charge is 2.40. The van der Waals surface area contributed by atoms with Crippen molar-refractivity contribution in [2.24, 2.45) is 0 Å². The molecule has 1 amide bonds. The van der Waals surface area contributed by atoms with Crippen LogP contribution in [0.4, 0.5) is 0 Å². The molecule has 148 valence electrons. The zero-order chi connectivity index (χ0) is 19.0. The lowest BCUT2D eigenvalue weighted by atomic mass is 10.1. The highest BCUT2D eigenvalue weighted by Crippen LogP contribution is 2.34. The molecule has 4 rings (SSSR count). The van der Waals surface area contributed by atoms with E-state index >= 15 is 0 Å². The van der Waals surface area contributed by atoms with Crippen molar-refractivity contribution in [2.75, 3.05) is 19.6 Å². The van der Waals surface area contributed by atoms with Crippen molar-refractivity contribution in [3.63, 3.8) is 0 Å². The van der Waals surface area contributed by atoms with Gasteiger partial charge in [0, 0.05) is 19.1 Å². The second-order valence-electron chi connectivity index (χ2n) is 7.62. The Bertz CT molecular complexity index is 819. The minimum Gasteiger partial charge on any atom is -0.454 e. The number of ether oxygens (including phenoxy) is 2. The summed E-state index contributed by atoms with van der Waals surface area (Å²) >= 11 is 0. The van der Waals surface area contributed by atoms with E-state index in [4.69, 9.17) is 9.47 Å². The highest BCUT2D eigenvalue weighted by atomic mass is 32.2. The number of amides is 1. The molecule has 1 aliphatic carbocycles. The SMILES string of the molecule is CS(=O)(=O)N1CCCC1C(=O)N(Cc1ccc2c(c1)OCO2)C1CCCC1. The number of benzene rings is 1. The van der Waals surface area contributed by atoms with E-state index in [9.17, 15) is 13.2 Å². The van der Waals surface area contributed by atoms with Gasteiger partial charge >= 0.3 is 0 Å². The third-order valence-electron chi connectivity index (χ3n) is 5.75. The van der Waals surface area contributed by atoms with Gasteiger partial charge in [-0.3, -0.25) is 4.79 Å². The molecule has 0 spiro atoms. The smallest absolute Gasteiger partial charge is 0.241 e. The van der Waals surface area contributed by atoms with E-state index in [-0.39, 0.29) is 18.7 Å². The van der Waals surface area contributed by atoms with E-state index < -0.39 is 16.1 Å². The molecule has 1 unspecified atom stereocenters. The first-order valence-corrected chi connectivity index (χ1v) is 11.4. The van der Waals surface area contributed by atoms with Crippen LogP contribution in [0.1, 0.15) is 44.1 Å². The lowest BCUT2D eigenvalue weighted by molar-refractivity contribution is -0.137. The average molecular weight is 394 g/mol. The molecule has 2 aliphatic heterocycles. The third kappa shape index (κ3) is 3.78. The predicted octanol–water partition coefficient (Wildman–Crippen LogP) is 2.11. The quantitative estimate of drug-likeness (QED) is 0.765. The molecular weight excluding hydrogens is 368 g/mol. The second kappa shape index (κ2) is 7.31. The summed E-state index contributed by atoms with van der Waals surface area (Å²) in [4.78, 5) is 15.3. The number of nitrogens with zero attached hydrogens (tertiary/aromatic N) is 2. The number of carbonyl (C=O) groups excluding carboxylic acids is 1. The molecule has 27 heavy (non-hydrogen) atoms. The van der Waals surface area contributed by atoms with Gasteiger partial charge in [0.05, 0.1) is 6.26 Å². The van der Waals surface area contributed by atoms with E-state index in [1.54, 1.807) is 0 Å². The zero-order valence-electron chi connectivity index (χ0n) is 15.6. The minimum atomic E-state index is -3.39. The molecule has 3 aliphatic rings. The summed E-state index contributed by atoms with van der Waals surface area (Å²) in [5.74, 6) is 1.35. The third-order valence-corrected chi connectivity index (χ3v) is 7.04. The van der Waals surface area contributed by atoms with Crippen molar-refractivity contribution in [1.29, 1.82) is 0 Å². The topological polar surface area (TPSA) is 76.2 Å². The van der Waals surface area contributed by atoms with Gasteiger partial charge in [-0.05, 0) is 43.4 Å². The van der Waals surface area contributed by atoms with Crippen molar-refractivity contribution in [1.82, 2.24) is 9.21 Å². The van der Waals surface area contributed by atoms with Gasteiger partial charge in [-0.15, -0.1) is 0 Å². The van der Waals surface area contributed by atoms with Gasteiger partial charge < -0.3 is 14.4 Å². The fourth-order valence-electron chi connectivity index (χ4n) is 4.41. The number of rotatable bonds is 5. The summed E-state index contributed by atoms with van der Waals surface area (Å²) in [6.45, 7) is 1.11. The summed E-state index contributed by atoms with van der Waals surface area (Å²) in [6, 6.07) is 5.33. The van der Waals surface area contributed by atoms with Crippen LogP contribution in [0.25, 0.3) is 0 Å². The Morgan fingerprint density at radius 2 is 1.89 bits per heavy atom. The van der Waals surface area contributed by atoms with Gasteiger partial charge in [-0.1, -0.05) is 18.9 Å². The van der Waals surface area contributed by atoms with Crippen LogP contribution in [-0.2, 0) is 21.4 Å². The maximum Gasteiger partial charge on any atom is 0.241 e. The Hall–Kier alpha value is -1.80. The summed E-state index contributed by atoms with van der Waals surface area (Å²) in [5, 5.41) is 0. The van der Waals surface area contributed by atoms with Crippen LogP contribution in [0.2, 0.25) is 0 Å². The van der Waals surface area contributed by atoms with Crippen LogP contribution < -0.4 is 9.47 Å². The monoisotopic (exact) mass is 394 g/mol. The van der Waals surface area contributed by atoms with E-state index in [0.717, 1.165) is 43.4 Å². The number of carbonyl (C=O) groups is 1. The Labute approximate surface area is 160 Å². The van der Waals surface area contributed by atoms with Gasteiger partial charge in [0.15, 0.2) is 11.5 Å². The number of fused-ring (bicyclic) bond motifs is 1. The molecule has 8 heteroatoms. The molecule has 1 aromatic carbocycles. The number of hydrogen-bond donors (Lipinski definition) is 0. The number of hydrogen-bond acceptors (Lipinski definition) is 5. The molecule has 1 saturated heterocycles. The summed E-state index contributed by atoms with van der Waals surface area (Å²) in [6.07, 6.45) is 6.68. The Morgan fingerprint density at radius 1 is 1.15 bits per heavy atom. The van der Waals surface area contributed by atoms with Gasteiger partial charge in [0.2, 0.25) is 22.7 Å². The van der Waals surface area contributed by atoms with Crippen molar-refractivity contribution in [2.45, 2.75) is 57.2 Å². The number of sulfonamides is 1. The van der Waals surface area contributed by atoms with Crippen LogP contribution in [-0.4, -0.2) is 55.2 Å². The van der Waals surface area contributed by atoms with E-state index in [0.29, 0.717) is 25.3 Å². The second-order valence-corrected chi connectivity index (χ2v) is 9.56. The average Bonchev–Trinajstić information content (AvgIpc) is 3.39. The largest absolute Gasteiger partial charge is 0.454 e. The van der Waals surface area contributed by atoms with Gasteiger partial charge in [-0.25, -0.2) is 8.42 Å². The highest BCUT2D eigenvalue weighted by molar-refractivity contribution is 7.88. The molecule has 2 fully saturated rings. The molecule has 0 bridgehead atoms. The van der Waals surface area contributed by atoms with E-state index in [2.05, 4.69) is 0 Å². The fraction of sp³-hybridized carbons (Fsp3) is 0.632. The summed E-state index contributed by atoms with van der Waals surface area (Å²) < 4.78 is 36.4. The molecule has 1 saturated carbocycles. The van der Waals surface area contributed by atoms with Crippen LogP contribution >= 0.6 is 0 Å². The lowest BCUT2D eigenvalue weighted by Crippen LogP contribution is -2.50. The normalized spacial score (nSPS) is 23.1. The first-order valence-electron chi connectivity index (χ1n) is 9.59. The molecule has 0 N–H and O–H groups in total. The van der Waals surface area contributed by atoms with Crippen molar-refractivity contribution in [3.05, 3.63) is 23.8 Å². The predicted molar refractivity (Wildman–Crippen MR) is 99.9 cm³/mol. The first kappa shape index (κ1) is 18.6. The lowest BCUT2D eigenvalue weighted by Gasteiger charge is -2.33. The standard InChI is InChI=1S/C19H26N2O5S/c1-27(23,24)21-10-4-7-16(21)19(22)20(15-5-2-3-6-15)12-14-8-9-17-18(11-14)26-13-25-17/h8-9,11,15-16H,2-7,10,12-13H2,1H3. The van der Waals surface area contributed by atoms with Crippen molar-refractivity contribution >= 4 is 15.9 Å². The van der Waals surface area contributed by atoms with Crippen LogP contribution in [0, 0.1) is 0 Å². The van der Waals surface area contributed by atoms with Crippen LogP contribution in [0.15, 0.2) is 18.2 Å². The Kier molecular flexibility index (Phi) is 5.03. The maximum absolute atomic E-state index is 13.4. The Balaban J connectivity index is 1.58. The first-order chi connectivity index (χ1) is 12.9. The van der Waals surface area contributed by atoms with Gasteiger partial charge in [0.25, 0.3) is 0 Å². The minimum absolute atomic E-state index is 0.0671. The molecule has 7 nitrogen and oxygen atoms in total.